The van der Waals surface area contributed by atoms with Crippen LogP contribution in [0.2, 0.25) is 0 Å². The number of hydrogen-bond acceptors (Lipinski definition) is 6. The van der Waals surface area contributed by atoms with Crippen LogP contribution in [0, 0.1) is 5.92 Å². The lowest BCUT2D eigenvalue weighted by atomic mass is 10.2. The highest BCUT2D eigenvalue weighted by Gasteiger charge is 2.18. The number of hydrogen-bond donors (Lipinski definition) is 1. The van der Waals surface area contributed by atoms with E-state index in [2.05, 4.69) is 0 Å². The van der Waals surface area contributed by atoms with Crippen molar-refractivity contribution in [3.63, 3.8) is 0 Å². The monoisotopic (exact) mass is 316 g/mol. The molecule has 6 nitrogen and oxygen atoms in total. The SMILES string of the molecule is COc1ccc(S(N)(=O)=O)cc1C(=O)SCC(C)[C]=O. The predicted octanol–water partition coefficient (Wildman–Crippen LogP) is 0.962. The van der Waals surface area contributed by atoms with Crippen molar-refractivity contribution in [3.8, 4) is 5.75 Å². The van der Waals surface area contributed by atoms with Crippen molar-refractivity contribution in [2.75, 3.05) is 12.9 Å². The Kier molecular flexibility index (Phi) is 5.73. The molecule has 2 N–H and O–H groups in total. The van der Waals surface area contributed by atoms with E-state index in [4.69, 9.17) is 9.88 Å². The number of sulfonamides is 1. The van der Waals surface area contributed by atoms with Crippen molar-refractivity contribution in [3.05, 3.63) is 23.8 Å². The number of primary sulfonamides is 1. The van der Waals surface area contributed by atoms with Crippen LogP contribution in [-0.2, 0) is 14.8 Å². The summed E-state index contributed by atoms with van der Waals surface area (Å²) in [6.07, 6.45) is 1.77. The van der Waals surface area contributed by atoms with Gasteiger partial charge in [-0.05, 0) is 18.2 Å². The summed E-state index contributed by atoms with van der Waals surface area (Å²) in [5, 5.41) is 4.63. The van der Waals surface area contributed by atoms with E-state index in [-0.39, 0.29) is 22.0 Å². The van der Waals surface area contributed by atoms with Crippen molar-refractivity contribution in [2.24, 2.45) is 11.1 Å². The first-order chi connectivity index (χ1) is 9.29. The number of nitrogens with two attached hydrogens (primary N) is 1. The van der Waals surface area contributed by atoms with Gasteiger partial charge in [-0.2, -0.15) is 0 Å². The van der Waals surface area contributed by atoms with E-state index >= 15 is 0 Å². The second kappa shape index (κ2) is 6.87. The summed E-state index contributed by atoms with van der Waals surface area (Å²) < 4.78 is 27.6. The summed E-state index contributed by atoms with van der Waals surface area (Å²) in [4.78, 5) is 22.3. The van der Waals surface area contributed by atoms with Gasteiger partial charge in [0, 0.05) is 11.7 Å². The molecule has 0 saturated carbocycles. The molecule has 109 valence electrons. The minimum Gasteiger partial charge on any atom is -0.496 e. The Balaban J connectivity index is 3.08. The maximum atomic E-state index is 12.0. The average Bonchev–Trinajstić information content (AvgIpc) is 2.42. The Morgan fingerprint density at radius 1 is 1.50 bits per heavy atom. The maximum Gasteiger partial charge on any atom is 0.238 e. The fraction of sp³-hybridized carbons (Fsp3) is 0.333. The maximum absolute atomic E-state index is 12.0. The fourth-order valence-electron chi connectivity index (χ4n) is 1.34. The summed E-state index contributed by atoms with van der Waals surface area (Å²) in [5.41, 5.74) is 0.0992. The van der Waals surface area contributed by atoms with Gasteiger partial charge in [-0.25, -0.2) is 13.6 Å². The van der Waals surface area contributed by atoms with Gasteiger partial charge in [0.05, 0.1) is 17.6 Å². The largest absolute Gasteiger partial charge is 0.496 e. The van der Waals surface area contributed by atoms with Gasteiger partial charge in [0.15, 0.2) is 0 Å². The number of ether oxygens (including phenoxy) is 1. The molecule has 1 atom stereocenters. The van der Waals surface area contributed by atoms with E-state index < -0.39 is 21.1 Å². The lowest BCUT2D eigenvalue weighted by molar-refractivity contribution is 0.108. The Morgan fingerprint density at radius 3 is 2.65 bits per heavy atom. The van der Waals surface area contributed by atoms with Crippen LogP contribution in [0.25, 0.3) is 0 Å². The van der Waals surface area contributed by atoms with E-state index in [0.717, 1.165) is 11.8 Å². The third kappa shape index (κ3) is 4.32. The number of benzene rings is 1. The van der Waals surface area contributed by atoms with Crippen LogP contribution in [0.1, 0.15) is 17.3 Å². The number of carbonyl (C=O) groups is 1. The van der Waals surface area contributed by atoms with Crippen molar-refractivity contribution in [1.29, 1.82) is 0 Å². The molecule has 0 saturated heterocycles. The quantitative estimate of drug-likeness (QED) is 0.838. The smallest absolute Gasteiger partial charge is 0.238 e. The van der Waals surface area contributed by atoms with Gasteiger partial charge in [0.1, 0.15) is 5.75 Å². The van der Waals surface area contributed by atoms with Crippen LogP contribution in [0.5, 0.6) is 5.75 Å². The van der Waals surface area contributed by atoms with Gasteiger partial charge < -0.3 is 4.74 Å². The minimum atomic E-state index is -3.90. The Bertz CT molecular complexity index is 612. The molecule has 20 heavy (non-hydrogen) atoms. The Labute approximate surface area is 121 Å². The van der Waals surface area contributed by atoms with E-state index in [1.54, 1.807) is 13.2 Å². The summed E-state index contributed by atoms with van der Waals surface area (Å²) in [6.45, 7) is 1.63. The van der Waals surface area contributed by atoms with Crippen LogP contribution in [0.4, 0.5) is 0 Å². The van der Waals surface area contributed by atoms with Gasteiger partial charge in [-0.3, -0.25) is 9.59 Å². The highest BCUT2D eigenvalue weighted by molar-refractivity contribution is 8.14. The molecule has 0 spiro atoms. The van der Waals surface area contributed by atoms with Gasteiger partial charge in [-0.15, -0.1) is 0 Å². The standard InChI is InChI=1S/C12H14NO5S2/c1-8(6-14)7-19-12(15)10-5-9(20(13,16)17)3-4-11(10)18-2/h3-5,8H,7H2,1-2H3,(H2,13,16,17). The average molecular weight is 316 g/mol. The Morgan fingerprint density at radius 2 is 2.15 bits per heavy atom. The second-order valence-corrected chi connectivity index (χ2v) is 6.58. The first-order valence-electron chi connectivity index (χ1n) is 5.55. The van der Waals surface area contributed by atoms with Crippen LogP contribution >= 0.6 is 11.8 Å². The van der Waals surface area contributed by atoms with Crippen molar-refractivity contribution < 1.29 is 22.7 Å². The molecular weight excluding hydrogens is 302 g/mol. The zero-order valence-electron chi connectivity index (χ0n) is 11.0. The molecule has 0 aliphatic carbocycles. The van der Waals surface area contributed by atoms with Gasteiger partial charge in [0.2, 0.25) is 21.4 Å². The number of rotatable bonds is 6. The van der Waals surface area contributed by atoms with Crippen molar-refractivity contribution in [2.45, 2.75) is 11.8 Å². The molecule has 0 aliphatic heterocycles. The molecule has 0 aromatic heterocycles. The number of thioether (sulfide) groups is 1. The summed E-state index contributed by atoms with van der Waals surface area (Å²) in [6, 6.07) is 3.79. The van der Waals surface area contributed by atoms with Gasteiger partial charge >= 0.3 is 0 Å². The van der Waals surface area contributed by atoms with E-state index in [0.29, 0.717) is 0 Å². The normalized spacial score (nSPS) is 12.8. The van der Waals surface area contributed by atoms with E-state index in [1.165, 1.54) is 25.3 Å². The van der Waals surface area contributed by atoms with E-state index in [9.17, 15) is 18.0 Å². The molecular formula is C12H14NO5S2. The zero-order valence-corrected chi connectivity index (χ0v) is 12.6. The van der Waals surface area contributed by atoms with Crippen LogP contribution < -0.4 is 9.88 Å². The van der Waals surface area contributed by atoms with Gasteiger partial charge in [-0.1, -0.05) is 18.7 Å². The molecule has 8 heteroatoms. The van der Waals surface area contributed by atoms with Crippen molar-refractivity contribution >= 4 is 33.2 Å². The lowest BCUT2D eigenvalue weighted by Crippen LogP contribution is -2.13. The van der Waals surface area contributed by atoms with Gasteiger partial charge in [0.25, 0.3) is 0 Å². The van der Waals surface area contributed by atoms with Crippen LogP contribution in [0.15, 0.2) is 23.1 Å². The summed E-state index contributed by atoms with van der Waals surface area (Å²) >= 11 is 0.894. The molecule has 1 aromatic carbocycles. The molecule has 0 bridgehead atoms. The number of carbonyl (C=O) groups excluding carboxylic acids is 2. The molecule has 0 fully saturated rings. The molecule has 1 unspecified atom stereocenters. The van der Waals surface area contributed by atoms with Crippen molar-refractivity contribution in [1.82, 2.24) is 0 Å². The molecule has 1 radical (unpaired) electrons. The third-order valence-corrected chi connectivity index (χ3v) is 4.44. The highest BCUT2D eigenvalue weighted by Crippen LogP contribution is 2.26. The summed E-state index contributed by atoms with van der Waals surface area (Å²) in [5.74, 6) is 0.111. The second-order valence-electron chi connectivity index (χ2n) is 4.02. The molecule has 0 aliphatic rings. The van der Waals surface area contributed by atoms with Crippen LogP contribution in [0.3, 0.4) is 0 Å². The molecule has 0 amide bonds. The first kappa shape index (κ1) is 16.7. The minimum absolute atomic E-state index is 0.0992. The fourth-order valence-corrected chi connectivity index (χ4v) is 2.66. The topological polar surface area (TPSA) is 104 Å². The first-order valence-corrected chi connectivity index (χ1v) is 8.08. The molecule has 1 rings (SSSR count). The molecule has 1 aromatic rings. The Hall–Kier alpha value is -1.38. The third-order valence-electron chi connectivity index (χ3n) is 2.39. The zero-order chi connectivity index (χ0) is 15.3. The number of methoxy groups -OCH3 is 1. The van der Waals surface area contributed by atoms with E-state index in [1.807, 2.05) is 0 Å². The lowest BCUT2D eigenvalue weighted by Gasteiger charge is -2.09. The molecule has 0 heterocycles. The summed E-state index contributed by atoms with van der Waals surface area (Å²) in [7, 11) is -2.53. The predicted molar refractivity (Wildman–Crippen MR) is 76.0 cm³/mol. The highest BCUT2D eigenvalue weighted by atomic mass is 32.2. The van der Waals surface area contributed by atoms with Crippen LogP contribution in [-0.4, -0.2) is 32.7 Å².